The van der Waals surface area contributed by atoms with E-state index < -0.39 is 0 Å². The molecule has 5 rings (SSSR count). The molecule has 2 N–H and O–H groups in total. The van der Waals surface area contributed by atoms with Gasteiger partial charge in [0.1, 0.15) is 11.6 Å². The third kappa shape index (κ3) is 4.03. The average Bonchev–Trinajstić information content (AvgIpc) is 2.84. The van der Waals surface area contributed by atoms with Crippen molar-refractivity contribution in [3.05, 3.63) is 88.5 Å². The number of aromatic nitrogens is 1. The summed E-state index contributed by atoms with van der Waals surface area (Å²) in [6, 6.07) is 15.1. The minimum absolute atomic E-state index is 0.337. The van der Waals surface area contributed by atoms with E-state index in [1.807, 2.05) is 43.6 Å². The molecule has 172 valence electrons. The van der Waals surface area contributed by atoms with Gasteiger partial charge in [-0.2, -0.15) is 5.26 Å². The van der Waals surface area contributed by atoms with E-state index in [0.29, 0.717) is 23.2 Å². The fourth-order valence-corrected chi connectivity index (χ4v) is 4.77. The van der Waals surface area contributed by atoms with E-state index in [9.17, 15) is 9.65 Å². The monoisotopic (exact) mass is 454 g/mol. The lowest BCUT2D eigenvalue weighted by Crippen LogP contribution is -2.44. The van der Waals surface area contributed by atoms with Crippen molar-refractivity contribution >= 4 is 11.4 Å². The van der Waals surface area contributed by atoms with Gasteiger partial charge in [0, 0.05) is 60.8 Å². The predicted octanol–water partition coefficient (Wildman–Crippen LogP) is 3.90. The van der Waals surface area contributed by atoms with Crippen LogP contribution in [-0.2, 0) is 6.54 Å². The van der Waals surface area contributed by atoms with E-state index in [4.69, 9.17) is 10.8 Å². The summed E-state index contributed by atoms with van der Waals surface area (Å²) in [5, 5.41) is 11.4. The van der Waals surface area contributed by atoms with Gasteiger partial charge in [-0.05, 0) is 61.0 Å². The zero-order valence-electron chi connectivity index (χ0n) is 19.4. The lowest BCUT2D eigenvalue weighted by Gasteiger charge is -2.33. The van der Waals surface area contributed by atoms with Crippen molar-refractivity contribution in [2.75, 3.05) is 38.1 Å². The molecule has 1 aromatic heterocycles. The highest BCUT2D eigenvalue weighted by Gasteiger charge is 2.23. The number of rotatable bonds is 3. The van der Waals surface area contributed by atoms with E-state index in [1.165, 1.54) is 6.07 Å². The molecule has 2 aromatic carbocycles. The number of anilines is 1. The smallest absolute Gasteiger partial charge is 0.131 e. The van der Waals surface area contributed by atoms with Crippen molar-refractivity contribution in [2.24, 2.45) is 5.84 Å². The van der Waals surface area contributed by atoms with Crippen LogP contribution in [0.5, 0.6) is 0 Å². The van der Waals surface area contributed by atoms with Crippen LogP contribution in [0.15, 0.2) is 54.9 Å². The van der Waals surface area contributed by atoms with Crippen molar-refractivity contribution in [2.45, 2.75) is 13.5 Å². The lowest BCUT2D eigenvalue weighted by atomic mass is 9.86. The summed E-state index contributed by atoms with van der Waals surface area (Å²) in [5.74, 6) is 6.83. The Balaban J connectivity index is 1.57. The number of nitrogens with two attached hydrogens (primary N) is 1. The molecular weight excluding hydrogens is 427 g/mol. The molecule has 6 nitrogen and oxygen atoms in total. The van der Waals surface area contributed by atoms with Gasteiger partial charge >= 0.3 is 0 Å². The third-order valence-corrected chi connectivity index (χ3v) is 6.68. The van der Waals surface area contributed by atoms with Crippen molar-refractivity contribution < 1.29 is 4.39 Å². The zero-order valence-corrected chi connectivity index (χ0v) is 19.4. The molecule has 0 unspecified atom stereocenters. The number of halogens is 1. The van der Waals surface area contributed by atoms with Gasteiger partial charge in [-0.3, -0.25) is 0 Å². The van der Waals surface area contributed by atoms with Crippen LogP contribution in [0.2, 0.25) is 0 Å². The van der Waals surface area contributed by atoms with Gasteiger partial charge in [0.05, 0.1) is 18.2 Å². The molecule has 2 aliphatic rings. The molecule has 0 spiro atoms. The van der Waals surface area contributed by atoms with Crippen LogP contribution >= 0.6 is 0 Å². The molecule has 3 aromatic rings. The molecule has 0 saturated carbocycles. The highest BCUT2D eigenvalue weighted by molar-refractivity contribution is 5.87. The molecule has 0 radical (unpaired) electrons. The summed E-state index contributed by atoms with van der Waals surface area (Å²) >= 11 is 0. The molecule has 0 amide bonds. The summed E-state index contributed by atoms with van der Waals surface area (Å²) in [4.78, 5) is 9.34. The van der Waals surface area contributed by atoms with Crippen LogP contribution in [0.3, 0.4) is 0 Å². The quantitative estimate of drug-likeness (QED) is 0.606. The SMILES string of the molecule is Cc1cccc(F)c1-c1cc2c(cc1C#N)CN(N)C=C2c1ccc(N2CCN(C)CC2)nc1. The number of hydrogen-bond donors (Lipinski definition) is 1. The largest absolute Gasteiger partial charge is 0.354 e. The minimum atomic E-state index is -0.337. The first-order valence-electron chi connectivity index (χ1n) is 11.4. The molecule has 3 heterocycles. The zero-order chi connectivity index (χ0) is 23.8. The predicted molar refractivity (Wildman–Crippen MR) is 132 cm³/mol. The summed E-state index contributed by atoms with van der Waals surface area (Å²) in [6.45, 7) is 6.27. The fraction of sp³-hybridized carbons (Fsp3) is 0.259. The van der Waals surface area contributed by atoms with Crippen LogP contribution in [-0.4, -0.2) is 48.1 Å². The van der Waals surface area contributed by atoms with Crippen LogP contribution in [0, 0.1) is 24.1 Å². The Labute approximate surface area is 199 Å². The van der Waals surface area contributed by atoms with Gasteiger partial charge in [0.2, 0.25) is 0 Å². The maximum absolute atomic E-state index is 14.8. The molecule has 0 aliphatic carbocycles. The van der Waals surface area contributed by atoms with Gasteiger partial charge in [-0.25, -0.2) is 15.2 Å². The van der Waals surface area contributed by atoms with Crippen LogP contribution in [0.1, 0.15) is 27.8 Å². The Kier molecular flexibility index (Phi) is 5.78. The number of aryl methyl sites for hydroxylation is 1. The van der Waals surface area contributed by atoms with Gasteiger partial charge < -0.3 is 14.8 Å². The molecule has 7 heteroatoms. The van der Waals surface area contributed by atoms with E-state index in [0.717, 1.165) is 59.8 Å². The second-order valence-electron chi connectivity index (χ2n) is 9.01. The summed E-state index contributed by atoms with van der Waals surface area (Å²) in [5.41, 5.74) is 5.97. The number of benzene rings is 2. The van der Waals surface area contributed by atoms with E-state index in [2.05, 4.69) is 29.0 Å². The number of hydrogen-bond acceptors (Lipinski definition) is 6. The Morgan fingerprint density at radius 3 is 2.53 bits per heavy atom. The molecule has 34 heavy (non-hydrogen) atoms. The van der Waals surface area contributed by atoms with E-state index in [-0.39, 0.29) is 5.82 Å². The van der Waals surface area contributed by atoms with Crippen molar-refractivity contribution in [1.29, 1.82) is 5.26 Å². The summed E-state index contributed by atoms with van der Waals surface area (Å²) in [6.07, 6.45) is 3.76. The first-order chi connectivity index (χ1) is 16.4. The highest BCUT2D eigenvalue weighted by atomic mass is 19.1. The topological polar surface area (TPSA) is 72.4 Å². The van der Waals surface area contributed by atoms with Crippen LogP contribution in [0.25, 0.3) is 16.7 Å². The maximum Gasteiger partial charge on any atom is 0.131 e. The first kappa shape index (κ1) is 22.1. The molecule has 0 bridgehead atoms. The highest BCUT2D eigenvalue weighted by Crippen LogP contribution is 2.38. The number of hydrazine groups is 1. The van der Waals surface area contributed by atoms with Gasteiger partial charge in [-0.15, -0.1) is 0 Å². The molecular formula is C27H27FN6. The number of likely N-dealkylation sites (N-methyl/N-ethyl adjacent to an activating group) is 1. The Hall–Kier alpha value is -3.73. The Morgan fingerprint density at radius 2 is 1.85 bits per heavy atom. The van der Waals surface area contributed by atoms with E-state index in [1.54, 1.807) is 11.1 Å². The second-order valence-corrected chi connectivity index (χ2v) is 9.01. The molecule has 0 atom stereocenters. The third-order valence-electron chi connectivity index (χ3n) is 6.68. The Morgan fingerprint density at radius 1 is 1.06 bits per heavy atom. The number of fused-ring (bicyclic) bond motifs is 1. The first-order valence-corrected chi connectivity index (χ1v) is 11.4. The van der Waals surface area contributed by atoms with Gasteiger partial charge in [0.15, 0.2) is 0 Å². The van der Waals surface area contributed by atoms with Gasteiger partial charge in [-0.1, -0.05) is 12.1 Å². The lowest BCUT2D eigenvalue weighted by molar-refractivity contribution is 0.312. The van der Waals surface area contributed by atoms with Crippen molar-refractivity contribution in [3.8, 4) is 17.2 Å². The number of pyridine rings is 1. The number of nitrogens with zero attached hydrogens (tertiary/aromatic N) is 5. The maximum atomic E-state index is 14.8. The van der Waals surface area contributed by atoms with Crippen molar-refractivity contribution in [3.63, 3.8) is 0 Å². The fourth-order valence-electron chi connectivity index (χ4n) is 4.77. The average molecular weight is 455 g/mol. The van der Waals surface area contributed by atoms with Crippen molar-refractivity contribution in [1.82, 2.24) is 14.9 Å². The number of piperazine rings is 1. The second kappa shape index (κ2) is 8.90. The van der Waals surface area contributed by atoms with Gasteiger partial charge in [0.25, 0.3) is 0 Å². The summed E-state index contributed by atoms with van der Waals surface area (Å²) in [7, 11) is 2.13. The summed E-state index contributed by atoms with van der Waals surface area (Å²) < 4.78 is 14.8. The molecule has 1 saturated heterocycles. The normalized spacial score (nSPS) is 16.1. The van der Waals surface area contributed by atoms with E-state index >= 15 is 0 Å². The molecule has 1 fully saturated rings. The number of nitriles is 1. The van der Waals surface area contributed by atoms with Crippen LogP contribution < -0.4 is 10.7 Å². The minimum Gasteiger partial charge on any atom is -0.354 e. The standard InChI is InChI=1S/C27H27FN6/c1-18-4-3-5-25(28)27(18)23-13-22-21(12-20(23)14-29)16-34(30)17-24(22)19-6-7-26(31-15-19)33-10-8-32(2)9-11-33/h3-7,12-13,15,17H,8-11,16,30H2,1-2H3. The van der Waals surface area contributed by atoms with Crippen LogP contribution in [0.4, 0.5) is 10.2 Å². The Bertz CT molecular complexity index is 1280. The molecule has 2 aliphatic heterocycles.